The molecule has 6 heteroatoms. The fraction of sp³-hybridized carbons (Fsp3) is 0.625. The van der Waals surface area contributed by atoms with E-state index in [1.54, 1.807) is 12.1 Å². The van der Waals surface area contributed by atoms with Gasteiger partial charge < -0.3 is 10.2 Å². The van der Waals surface area contributed by atoms with Gasteiger partial charge in [-0.15, -0.1) is 0 Å². The van der Waals surface area contributed by atoms with E-state index in [1.807, 2.05) is 6.92 Å². The normalized spacial score (nSPS) is 22.6. The van der Waals surface area contributed by atoms with Gasteiger partial charge in [0.25, 0.3) is 0 Å². The van der Waals surface area contributed by atoms with Gasteiger partial charge in [-0.1, -0.05) is 19.4 Å². The van der Waals surface area contributed by atoms with E-state index in [9.17, 15) is 18.6 Å². The van der Waals surface area contributed by atoms with Gasteiger partial charge >= 0.3 is 0 Å². The fourth-order valence-corrected chi connectivity index (χ4v) is 4.58. The number of hydrogen-bond donors (Lipinski definition) is 3. The summed E-state index contributed by atoms with van der Waals surface area (Å²) in [5.41, 5.74) is 0.838. The van der Waals surface area contributed by atoms with E-state index in [2.05, 4.69) is 4.72 Å². The Kier molecular flexibility index (Phi) is 5.69. The Morgan fingerprint density at radius 3 is 2.45 bits per heavy atom. The molecule has 0 bridgehead atoms. The van der Waals surface area contributed by atoms with Crippen LogP contribution in [0.1, 0.15) is 56.9 Å². The summed E-state index contributed by atoms with van der Waals surface area (Å²) >= 11 is 0. The van der Waals surface area contributed by atoms with E-state index in [0.29, 0.717) is 6.42 Å². The molecular formula is C16H25NO4S. The molecule has 0 saturated heterocycles. The summed E-state index contributed by atoms with van der Waals surface area (Å²) in [5.74, 6) is 0.588. The minimum absolute atomic E-state index is 0.00244. The third kappa shape index (κ3) is 4.61. The van der Waals surface area contributed by atoms with Crippen LogP contribution in [-0.2, 0) is 10.0 Å². The van der Waals surface area contributed by atoms with Gasteiger partial charge in [0.2, 0.25) is 10.0 Å². The molecule has 1 aliphatic rings. The molecule has 124 valence electrons. The molecule has 2 rings (SSSR count). The summed E-state index contributed by atoms with van der Waals surface area (Å²) in [6.07, 6.45) is 4.77. The standard InChI is InChI=1S/C16H25NO4S/c1-2-3-10-22(20,21)17-13-6-4-12(5-7-13)15-9-8-14(18)11-16(15)19/h8-9,11-13,17-19H,2-7,10H2,1H3. The zero-order valence-electron chi connectivity index (χ0n) is 13.0. The molecule has 0 spiro atoms. The highest BCUT2D eigenvalue weighted by molar-refractivity contribution is 7.89. The van der Waals surface area contributed by atoms with Crippen LogP contribution in [-0.4, -0.2) is 30.4 Å². The fourth-order valence-electron chi connectivity index (χ4n) is 3.05. The molecule has 0 radical (unpaired) electrons. The van der Waals surface area contributed by atoms with Crippen molar-refractivity contribution in [3.05, 3.63) is 23.8 Å². The quantitative estimate of drug-likeness (QED) is 0.750. The number of benzene rings is 1. The van der Waals surface area contributed by atoms with Crippen molar-refractivity contribution in [3.63, 3.8) is 0 Å². The molecule has 0 aromatic heterocycles. The van der Waals surface area contributed by atoms with Crippen LogP contribution >= 0.6 is 0 Å². The average molecular weight is 327 g/mol. The van der Waals surface area contributed by atoms with Crippen LogP contribution in [0.25, 0.3) is 0 Å². The number of phenolic OH excluding ortho intramolecular Hbond substituents is 2. The number of rotatable bonds is 6. The second-order valence-corrected chi connectivity index (χ2v) is 7.96. The largest absolute Gasteiger partial charge is 0.508 e. The van der Waals surface area contributed by atoms with E-state index in [0.717, 1.165) is 37.7 Å². The second-order valence-electron chi connectivity index (χ2n) is 6.08. The molecule has 0 amide bonds. The predicted octanol–water partition coefficient (Wildman–Crippen LogP) is 2.84. The first-order chi connectivity index (χ1) is 10.4. The maximum atomic E-state index is 11.9. The first-order valence-electron chi connectivity index (χ1n) is 7.93. The highest BCUT2D eigenvalue weighted by atomic mass is 32.2. The molecule has 0 aliphatic heterocycles. The molecule has 0 unspecified atom stereocenters. The summed E-state index contributed by atoms with van der Waals surface area (Å²) in [6, 6.07) is 4.68. The van der Waals surface area contributed by atoms with Crippen LogP contribution in [0.4, 0.5) is 0 Å². The van der Waals surface area contributed by atoms with Crippen molar-refractivity contribution in [1.29, 1.82) is 0 Å². The number of sulfonamides is 1. The molecule has 22 heavy (non-hydrogen) atoms. The van der Waals surface area contributed by atoms with Gasteiger partial charge in [-0.3, -0.25) is 0 Å². The zero-order valence-corrected chi connectivity index (χ0v) is 13.8. The van der Waals surface area contributed by atoms with E-state index in [4.69, 9.17) is 0 Å². The van der Waals surface area contributed by atoms with Crippen LogP contribution < -0.4 is 4.72 Å². The zero-order chi connectivity index (χ0) is 16.2. The molecule has 3 N–H and O–H groups in total. The van der Waals surface area contributed by atoms with Gasteiger partial charge in [-0.25, -0.2) is 13.1 Å². The van der Waals surface area contributed by atoms with Gasteiger partial charge in [0.15, 0.2) is 0 Å². The molecule has 1 fully saturated rings. The van der Waals surface area contributed by atoms with Crippen molar-refractivity contribution >= 4 is 10.0 Å². The molecule has 1 saturated carbocycles. The summed E-state index contributed by atoms with van der Waals surface area (Å²) in [4.78, 5) is 0. The van der Waals surface area contributed by atoms with Gasteiger partial charge in [0.1, 0.15) is 11.5 Å². The van der Waals surface area contributed by atoms with Crippen molar-refractivity contribution in [2.24, 2.45) is 0 Å². The van der Waals surface area contributed by atoms with Gasteiger partial charge in [0, 0.05) is 12.1 Å². The third-order valence-electron chi connectivity index (χ3n) is 4.29. The molecular weight excluding hydrogens is 302 g/mol. The summed E-state index contributed by atoms with van der Waals surface area (Å²) in [6.45, 7) is 1.98. The third-order valence-corrected chi connectivity index (χ3v) is 5.81. The van der Waals surface area contributed by atoms with Crippen molar-refractivity contribution in [2.45, 2.75) is 57.4 Å². The highest BCUT2D eigenvalue weighted by Crippen LogP contribution is 2.38. The Labute approximate surface area is 132 Å². The Morgan fingerprint density at radius 2 is 1.86 bits per heavy atom. The van der Waals surface area contributed by atoms with Gasteiger partial charge in [-0.05, 0) is 49.7 Å². The molecule has 1 aromatic rings. The first kappa shape index (κ1) is 17.1. The van der Waals surface area contributed by atoms with Crippen LogP contribution in [0.5, 0.6) is 11.5 Å². The van der Waals surface area contributed by atoms with Crippen LogP contribution in [0.3, 0.4) is 0 Å². The lowest BCUT2D eigenvalue weighted by molar-refractivity contribution is 0.362. The van der Waals surface area contributed by atoms with Crippen LogP contribution in [0.2, 0.25) is 0 Å². The monoisotopic (exact) mass is 327 g/mol. The van der Waals surface area contributed by atoms with Crippen molar-refractivity contribution in [2.75, 3.05) is 5.75 Å². The Bertz CT molecular complexity index is 592. The Morgan fingerprint density at radius 1 is 1.18 bits per heavy atom. The minimum atomic E-state index is -3.17. The Hall–Kier alpha value is -1.27. The Balaban J connectivity index is 1.90. The number of phenols is 2. The van der Waals surface area contributed by atoms with Crippen LogP contribution in [0, 0.1) is 0 Å². The topological polar surface area (TPSA) is 86.6 Å². The van der Waals surface area contributed by atoms with Gasteiger partial charge in [-0.2, -0.15) is 0 Å². The summed E-state index contributed by atoms with van der Waals surface area (Å²) < 4.78 is 26.6. The number of aromatic hydroxyl groups is 2. The SMILES string of the molecule is CCCCS(=O)(=O)NC1CCC(c2ccc(O)cc2O)CC1. The number of unbranched alkanes of at least 4 members (excludes halogenated alkanes) is 1. The molecule has 5 nitrogen and oxygen atoms in total. The summed E-state index contributed by atoms with van der Waals surface area (Å²) in [7, 11) is -3.17. The summed E-state index contributed by atoms with van der Waals surface area (Å²) in [5, 5.41) is 19.3. The van der Waals surface area contributed by atoms with E-state index in [-0.39, 0.29) is 29.2 Å². The lowest BCUT2D eigenvalue weighted by Gasteiger charge is -2.29. The lowest BCUT2D eigenvalue weighted by atomic mass is 9.81. The molecule has 1 aromatic carbocycles. The van der Waals surface area contributed by atoms with Crippen molar-refractivity contribution in [1.82, 2.24) is 4.72 Å². The second kappa shape index (κ2) is 7.33. The van der Waals surface area contributed by atoms with E-state index in [1.165, 1.54) is 6.07 Å². The minimum Gasteiger partial charge on any atom is -0.508 e. The molecule has 1 aliphatic carbocycles. The number of nitrogens with one attached hydrogen (secondary N) is 1. The van der Waals surface area contributed by atoms with E-state index < -0.39 is 10.0 Å². The number of hydrogen-bond acceptors (Lipinski definition) is 4. The maximum Gasteiger partial charge on any atom is 0.211 e. The van der Waals surface area contributed by atoms with Gasteiger partial charge in [0.05, 0.1) is 5.75 Å². The maximum absolute atomic E-state index is 11.9. The van der Waals surface area contributed by atoms with Crippen molar-refractivity contribution < 1.29 is 18.6 Å². The smallest absolute Gasteiger partial charge is 0.211 e. The molecule has 0 heterocycles. The highest BCUT2D eigenvalue weighted by Gasteiger charge is 2.26. The molecule has 0 atom stereocenters. The van der Waals surface area contributed by atoms with E-state index >= 15 is 0 Å². The average Bonchev–Trinajstić information content (AvgIpc) is 2.46. The van der Waals surface area contributed by atoms with Crippen LogP contribution in [0.15, 0.2) is 18.2 Å². The lowest BCUT2D eigenvalue weighted by Crippen LogP contribution is -2.38. The predicted molar refractivity (Wildman–Crippen MR) is 86.6 cm³/mol. The first-order valence-corrected chi connectivity index (χ1v) is 9.58. The van der Waals surface area contributed by atoms with Crippen molar-refractivity contribution in [3.8, 4) is 11.5 Å².